The summed E-state index contributed by atoms with van der Waals surface area (Å²) in [6.45, 7) is 11.0. The van der Waals surface area contributed by atoms with Gasteiger partial charge in [0.2, 0.25) is 34.0 Å². The predicted molar refractivity (Wildman–Crippen MR) is 270 cm³/mol. The van der Waals surface area contributed by atoms with Crippen LogP contribution in [0.2, 0.25) is 0 Å². The van der Waals surface area contributed by atoms with Gasteiger partial charge in [0.1, 0.15) is 31.3 Å². The van der Waals surface area contributed by atoms with Crippen molar-refractivity contribution in [2.45, 2.75) is 91.1 Å². The van der Waals surface area contributed by atoms with Crippen LogP contribution in [0.5, 0.6) is 17.2 Å². The standard InChI is InChI=1S/C25H45N5O6.C13H18N2O7.C8H10N2O4.C2H6.2ClH/c1-4-5-19(13-27)11-20(10-18(2)12-26)14-28-25(34)21(29-24(33)17-36-9-8-35-3)15-30-7-6-22(31)23(32)16-30;1-21-4-5-22-8-12(18)14-9(13(19)20)6-15-3-2-10(16)11(17)7-15;9-5(8(13)14)3-10-2-1-6(11)7(12)4-10;1-2;;/h6-7,16,18-21,32H,4-5,8-15,17,26-27H2,1-3H3,(H,28,34)(H,29,33);2-3,7,9,17H,4-6,8H2,1H3,(H,14,18)(H,19,20);1-2,4-5,12H,3,9H2,(H,13,14);1-2H3;2*1H. The Morgan fingerprint density at radius 3 is 1.43 bits per heavy atom. The minimum Gasteiger partial charge on any atom is -1.00 e. The van der Waals surface area contributed by atoms with E-state index in [0.717, 1.165) is 63.3 Å². The summed E-state index contributed by atoms with van der Waals surface area (Å²) < 4.78 is 24.0. The van der Waals surface area contributed by atoms with Gasteiger partial charge in [-0.2, -0.15) is 0 Å². The third-order valence-electron chi connectivity index (χ3n) is 10.6. The number of aromatic nitrogens is 3. The van der Waals surface area contributed by atoms with Gasteiger partial charge in [0.15, 0.2) is 17.2 Å². The number of rotatable bonds is 31. The largest absolute Gasteiger partial charge is 1.00 e. The van der Waals surface area contributed by atoms with E-state index in [-0.39, 0.29) is 82.7 Å². The number of methoxy groups -OCH3 is 2. The first-order valence-electron chi connectivity index (χ1n) is 24.1. The molecule has 26 nitrogen and oxygen atoms in total. The number of hydrogen-bond donors (Lipinski definition) is 11. The molecule has 434 valence electrons. The van der Waals surface area contributed by atoms with Crippen LogP contribution >= 0.6 is 0 Å². The van der Waals surface area contributed by atoms with Gasteiger partial charge < -0.3 is 116 Å². The highest BCUT2D eigenvalue weighted by Gasteiger charge is 2.25. The number of nitrogens with zero attached hydrogens (tertiary/aromatic N) is 3. The second kappa shape index (κ2) is 43.0. The van der Waals surface area contributed by atoms with Crippen molar-refractivity contribution >= 4 is 29.7 Å². The molecule has 0 saturated carbocycles. The maximum atomic E-state index is 13.2. The third-order valence-corrected chi connectivity index (χ3v) is 10.6. The second-order valence-electron chi connectivity index (χ2n) is 16.7. The minimum absolute atomic E-state index is 0. The molecule has 0 saturated heterocycles. The maximum absolute atomic E-state index is 13.2. The second-order valence-corrected chi connectivity index (χ2v) is 16.7. The minimum atomic E-state index is -1.25. The van der Waals surface area contributed by atoms with Gasteiger partial charge in [-0.25, -0.2) is 4.79 Å². The molecule has 28 heteroatoms. The average molecular weight is 1130 g/mol. The molecular formula is C48H81Cl2N9O17. The maximum Gasteiger partial charge on any atom is 0.328 e. The van der Waals surface area contributed by atoms with Crippen molar-refractivity contribution < 1.29 is 105 Å². The Kier molecular flexibility index (Phi) is 42.0. The number of carboxylic acid groups (broad SMARTS) is 2. The highest BCUT2D eigenvalue weighted by Crippen LogP contribution is 2.22. The molecule has 0 aromatic carbocycles. The van der Waals surface area contributed by atoms with Gasteiger partial charge in [-0.15, -0.1) is 0 Å². The lowest BCUT2D eigenvalue weighted by Crippen LogP contribution is -3.00. The Morgan fingerprint density at radius 1 is 0.645 bits per heavy atom. The Bertz CT molecular complexity index is 2300. The number of carbonyl (C=O) groups is 5. The monoisotopic (exact) mass is 1130 g/mol. The summed E-state index contributed by atoms with van der Waals surface area (Å²) in [5, 5.41) is 53.7. The number of carbonyl (C=O) groups excluding carboxylic acids is 3. The topological polar surface area (TPSA) is 407 Å². The summed E-state index contributed by atoms with van der Waals surface area (Å²) in [5.74, 6) is -3.91. The van der Waals surface area contributed by atoms with Crippen LogP contribution in [0.25, 0.3) is 0 Å². The number of carboxylic acids is 2. The van der Waals surface area contributed by atoms with E-state index in [1.165, 1.54) is 58.8 Å². The van der Waals surface area contributed by atoms with Crippen LogP contribution < -0.4 is 74.3 Å². The van der Waals surface area contributed by atoms with Gasteiger partial charge in [-0.1, -0.05) is 34.1 Å². The molecule has 3 heterocycles. The molecule has 6 atom stereocenters. The number of aromatic hydroxyl groups is 3. The molecule has 0 fully saturated rings. The van der Waals surface area contributed by atoms with Gasteiger partial charge in [0.05, 0.1) is 52.6 Å². The summed E-state index contributed by atoms with van der Waals surface area (Å²) in [4.78, 5) is 92.2. The van der Waals surface area contributed by atoms with Crippen molar-refractivity contribution in [1.82, 2.24) is 29.7 Å². The van der Waals surface area contributed by atoms with Gasteiger partial charge >= 0.3 is 11.9 Å². The molecule has 0 aliphatic carbocycles. The highest BCUT2D eigenvalue weighted by molar-refractivity contribution is 5.88. The number of nitrogens with two attached hydrogens (primary N) is 1. The SMILES string of the molecule is CC.CCCC(C[NH3+])CC(CNC(=O)C(Cn1ccc(=O)c(O)c1)NC(=O)COCCOC)CC(C)C[NH3+].COCCOCC(=O)NC(Cn1ccc(=O)c(O)c1)C(=O)O.NC(Cn1ccc(=O)c(O)c1)C(=O)O.[Cl-].[Cl-]. The van der Waals surface area contributed by atoms with Crippen LogP contribution in [0.15, 0.2) is 69.8 Å². The number of amides is 3. The third kappa shape index (κ3) is 32.4. The van der Waals surface area contributed by atoms with Crippen molar-refractivity contribution in [2.75, 3.05) is 73.5 Å². The average Bonchev–Trinajstić information content (AvgIpc) is 3.36. The molecule has 3 aromatic heterocycles. The van der Waals surface area contributed by atoms with Gasteiger partial charge in [-0.05, 0) is 25.2 Å². The Morgan fingerprint density at radius 2 is 1.07 bits per heavy atom. The molecule has 76 heavy (non-hydrogen) atoms. The molecule has 0 bridgehead atoms. The van der Waals surface area contributed by atoms with Crippen molar-refractivity contribution in [2.24, 2.45) is 23.5 Å². The number of pyridine rings is 3. The van der Waals surface area contributed by atoms with Crippen LogP contribution in [0.1, 0.15) is 53.4 Å². The first kappa shape index (κ1) is 74.1. The number of aliphatic carboxylic acids is 2. The molecule has 3 amide bonds. The van der Waals surface area contributed by atoms with E-state index in [1.54, 1.807) is 0 Å². The Balaban J connectivity index is -0.00000113. The van der Waals surface area contributed by atoms with Crippen molar-refractivity contribution in [3.8, 4) is 17.2 Å². The number of hydrogen-bond acceptors (Lipinski definition) is 16. The van der Waals surface area contributed by atoms with Crippen LogP contribution in [-0.2, 0) is 62.6 Å². The van der Waals surface area contributed by atoms with E-state index in [1.807, 2.05) is 13.8 Å². The van der Waals surface area contributed by atoms with Crippen molar-refractivity contribution in [3.63, 3.8) is 0 Å². The van der Waals surface area contributed by atoms with E-state index in [4.69, 9.17) is 40.0 Å². The number of nitrogens with one attached hydrogen (secondary N) is 3. The van der Waals surface area contributed by atoms with E-state index in [0.29, 0.717) is 31.6 Å². The van der Waals surface area contributed by atoms with Crippen LogP contribution in [0.3, 0.4) is 0 Å². The first-order valence-corrected chi connectivity index (χ1v) is 24.1. The van der Waals surface area contributed by atoms with Crippen LogP contribution in [0.4, 0.5) is 0 Å². The zero-order valence-corrected chi connectivity index (χ0v) is 45.7. The number of quaternary nitrogens is 2. The molecule has 0 aliphatic heterocycles. The van der Waals surface area contributed by atoms with E-state index in [2.05, 4.69) is 41.3 Å². The summed E-state index contributed by atoms with van der Waals surface area (Å²) in [6.07, 6.45) is 11.7. The first-order chi connectivity index (χ1) is 35.2. The summed E-state index contributed by atoms with van der Waals surface area (Å²) in [5.41, 5.74) is 11.8. The van der Waals surface area contributed by atoms with Crippen molar-refractivity contribution in [3.05, 3.63) is 86.1 Å². The smallest absolute Gasteiger partial charge is 0.328 e. The van der Waals surface area contributed by atoms with Gasteiger partial charge in [0.25, 0.3) is 0 Å². The summed E-state index contributed by atoms with van der Waals surface area (Å²) >= 11 is 0. The Hall–Kier alpha value is -6.10. The lowest BCUT2D eigenvalue weighted by atomic mass is 9.85. The van der Waals surface area contributed by atoms with Crippen LogP contribution in [-0.4, -0.2) is 161 Å². The molecule has 0 spiro atoms. The molecule has 3 rings (SSSR count). The zero-order valence-electron chi connectivity index (χ0n) is 44.2. The Labute approximate surface area is 454 Å². The highest BCUT2D eigenvalue weighted by atomic mass is 35.5. The fourth-order valence-electron chi connectivity index (χ4n) is 6.65. The van der Waals surface area contributed by atoms with Gasteiger partial charge in [0, 0.05) is 94.5 Å². The fourth-order valence-corrected chi connectivity index (χ4v) is 6.65. The van der Waals surface area contributed by atoms with Crippen LogP contribution in [0, 0.1) is 17.8 Å². The lowest BCUT2D eigenvalue weighted by molar-refractivity contribution is -0.381. The number of halogens is 2. The van der Waals surface area contributed by atoms with E-state index in [9.17, 15) is 48.6 Å². The summed E-state index contributed by atoms with van der Waals surface area (Å²) in [7, 11) is 3.03. The number of ether oxygens (including phenoxy) is 4. The molecule has 6 unspecified atom stereocenters. The molecule has 0 radical (unpaired) electrons. The van der Waals surface area contributed by atoms with Gasteiger partial charge in [-0.3, -0.25) is 33.6 Å². The normalized spacial score (nSPS) is 12.7. The molecule has 16 N–H and O–H groups in total. The quantitative estimate of drug-likeness (QED) is 0.0267. The zero-order chi connectivity index (χ0) is 56.2. The van der Waals surface area contributed by atoms with E-state index >= 15 is 0 Å². The fraction of sp³-hybridized carbons (Fsp3) is 0.583. The summed E-state index contributed by atoms with van der Waals surface area (Å²) in [6, 6.07) is 0.254. The predicted octanol–water partition coefficient (Wildman–Crippen LogP) is -8.46. The molecule has 3 aromatic rings. The molecular weight excluding hydrogens is 1050 g/mol. The molecule has 0 aliphatic rings. The van der Waals surface area contributed by atoms with E-state index < -0.39 is 75.4 Å². The lowest BCUT2D eigenvalue weighted by Gasteiger charge is -2.25. The van der Waals surface area contributed by atoms with Crippen molar-refractivity contribution in [1.29, 1.82) is 0 Å².